The standard InChI is InChI=1S/C41H56I8O19/c1-33(2,42)25(50)58-17-18(59-26(51)34(3,4)43)22(64-30(55)38(11,12)47)63-23(19(17)60-27(52)35(5,6)44)66-41(68-32(57)40(15,16)49)21(62-29(54)37(9,10)46)20(61-28(53)36(7,8)45)24(67-41)65-31(56)39(13,14)48/h17-24H,1-16H3. The predicted octanol–water partition coefficient (Wildman–Crippen LogP) is 8.59. The summed E-state index contributed by atoms with van der Waals surface area (Å²) in [6.45, 7) is 23.9. The molecular formula is C41H56I8O19. The third-order valence-electron chi connectivity index (χ3n) is 8.70. The molecule has 2 saturated heterocycles. The van der Waals surface area contributed by atoms with E-state index < -0.39 is 130 Å². The second-order valence-corrected chi connectivity index (χ2v) is 40.9. The molecule has 9 unspecified atom stereocenters. The molecule has 2 heterocycles. The van der Waals surface area contributed by atoms with Gasteiger partial charge in [-0.25, -0.2) is 0 Å². The summed E-state index contributed by atoms with van der Waals surface area (Å²) in [6.07, 6.45) is -16.7. The zero-order valence-corrected chi connectivity index (χ0v) is 57.2. The summed E-state index contributed by atoms with van der Waals surface area (Å²) in [5.41, 5.74) is 0. The van der Waals surface area contributed by atoms with Crippen LogP contribution in [-0.2, 0) is 90.5 Å². The number of alkyl halides is 8. The van der Waals surface area contributed by atoms with Gasteiger partial charge in [0.25, 0.3) is 0 Å². The molecule has 0 aromatic carbocycles. The van der Waals surface area contributed by atoms with Gasteiger partial charge in [0.2, 0.25) is 37.2 Å². The predicted molar refractivity (Wildman–Crippen MR) is 310 cm³/mol. The fourth-order valence-electron chi connectivity index (χ4n) is 4.76. The number of hydrogen-bond donors (Lipinski definition) is 0. The van der Waals surface area contributed by atoms with E-state index in [1.807, 2.05) is 0 Å². The Morgan fingerprint density at radius 3 is 0.941 bits per heavy atom. The number of halogens is 8. The highest BCUT2D eigenvalue weighted by molar-refractivity contribution is 14.1. The number of ether oxygens (including phenoxy) is 11. The smallest absolute Gasteiger partial charge is 0.378 e. The molecule has 27 heteroatoms. The summed E-state index contributed by atoms with van der Waals surface area (Å²) in [7, 11) is 0. The van der Waals surface area contributed by atoms with E-state index in [0.29, 0.717) is 0 Å². The lowest BCUT2D eigenvalue weighted by Crippen LogP contribution is -2.67. The molecule has 0 aromatic heterocycles. The lowest BCUT2D eigenvalue weighted by atomic mass is 10.0. The van der Waals surface area contributed by atoms with Crippen LogP contribution in [-0.4, -0.2) is 130 Å². The lowest BCUT2D eigenvalue weighted by molar-refractivity contribution is -0.456. The molecule has 0 N–H and O–H groups in total. The van der Waals surface area contributed by atoms with Gasteiger partial charge in [0, 0.05) is 0 Å². The highest BCUT2D eigenvalue weighted by Gasteiger charge is 2.70. The maximum absolute atomic E-state index is 14.3. The van der Waals surface area contributed by atoms with Gasteiger partial charge in [0.05, 0.1) is 0 Å². The summed E-state index contributed by atoms with van der Waals surface area (Å²) < 4.78 is 56.7. The van der Waals surface area contributed by atoms with Crippen molar-refractivity contribution in [1.82, 2.24) is 0 Å². The van der Waals surface area contributed by atoms with Crippen LogP contribution in [0, 0.1) is 0 Å². The van der Waals surface area contributed by atoms with Crippen molar-refractivity contribution in [2.75, 3.05) is 0 Å². The normalized spacial score (nSPS) is 26.4. The summed E-state index contributed by atoms with van der Waals surface area (Å²) in [4.78, 5) is 112. The van der Waals surface area contributed by atoms with Crippen molar-refractivity contribution in [3.05, 3.63) is 0 Å². The molecule has 0 aromatic rings. The fraction of sp³-hybridized carbons (Fsp3) is 0.805. The zero-order chi connectivity index (χ0) is 53.5. The largest absolute Gasteiger partial charge is 0.453 e. The van der Waals surface area contributed by atoms with E-state index in [0.717, 1.165) is 0 Å². The van der Waals surface area contributed by atoms with Gasteiger partial charge in [-0.1, -0.05) is 181 Å². The van der Waals surface area contributed by atoms with Crippen LogP contribution in [0.3, 0.4) is 0 Å². The Balaban J connectivity index is 3.33. The van der Waals surface area contributed by atoms with Crippen molar-refractivity contribution in [1.29, 1.82) is 0 Å². The SMILES string of the molecule is CC(C)(I)C(=O)OC1OC(OC2(OC(=O)C(C)(C)I)OC(OC(=O)C(C)(C)I)C(OC(=O)C(C)(C)I)C2OC(=O)C(C)(C)I)C(OC(=O)C(C)(C)I)C(OC(=O)C(C)(C)I)C1OC(=O)C(C)(C)I. The van der Waals surface area contributed by atoms with Crippen LogP contribution in [0.25, 0.3) is 0 Å². The maximum atomic E-state index is 14.3. The zero-order valence-electron chi connectivity index (χ0n) is 39.9. The number of hydrogen-bond acceptors (Lipinski definition) is 19. The van der Waals surface area contributed by atoms with Gasteiger partial charge in [-0.3, -0.25) is 47.8 Å². The van der Waals surface area contributed by atoms with Crippen molar-refractivity contribution in [3.63, 3.8) is 0 Å². The number of rotatable bonds is 18. The Morgan fingerprint density at radius 2 is 0.603 bits per heavy atom. The van der Waals surface area contributed by atoms with E-state index in [4.69, 9.17) is 52.1 Å². The lowest BCUT2D eigenvalue weighted by Gasteiger charge is -2.47. The second-order valence-electron chi connectivity index (χ2n) is 19.4. The number of esters is 8. The first kappa shape index (κ1) is 65.6. The van der Waals surface area contributed by atoms with Crippen LogP contribution in [0.5, 0.6) is 0 Å². The summed E-state index contributed by atoms with van der Waals surface area (Å²) in [5, 5.41) is 0. The molecule has 0 saturated carbocycles. The monoisotopic (exact) mass is 1870 g/mol. The topological polar surface area (TPSA) is 238 Å². The minimum absolute atomic E-state index is 0.914. The molecule has 0 bridgehead atoms. The van der Waals surface area contributed by atoms with Gasteiger partial charge in [0.1, 0.15) is 27.4 Å². The number of carbonyl (C=O) groups is 8. The second kappa shape index (κ2) is 23.8. The first-order valence-electron chi connectivity index (χ1n) is 20.3. The van der Waals surface area contributed by atoms with Crippen LogP contribution in [0.1, 0.15) is 111 Å². The van der Waals surface area contributed by atoms with Gasteiger partial charge >= 0.3 is 53.7 Å². The Bertz CT molecular complexity index is 1930. The molecule has 390 valence electrons. The molecule has 9 atom stereocenters. The molecule has 2 aliphatic rings. The Hall–Kier alpha value is 1.48. The van der Waals surface area contributed by atoms with E-state index in [1.54, 1.807) is 181 Å². The quantitative estimate of drug-likeness (QED) is 0.0410. The summed E-state index contributed by atoms with van der Waals surface area (Å²) in [5.74, 6) is -11.0. The van der Waals surface area contributed by atoms with Crippen molar-refractivity contribution in [3.8, 4) is 0 Å². The molecule has 19 nitrogen and oxygen atoms in total. The Kier molecular flexibility index (Phi) is 23.0. The van der Waals surface area contributed by atoms with Crippen molar-refractivity contribution in [2.24, 2.45) is 0 Å². The van der Waals surface area contributed by atoms with Gasteiger partial charge in [0.15, 0.2) is 12.2 Å². The maximum Gasteiger partial charge on any atom is 0.378 e. The van der Waals surface area contributed by atoms with Gasteiger partial charge < -0.3 is 42.6 Å². The molecule has 68 heavy (non-hydrogen) atoms. The van der Waals surface area contributed by atoms with Gasteiger partial charge in [-0.05, 0) is 111 Å². The fourth-order valence-corrected chi connectivity index (χ4v) is 5.76. The van der Waals surface area contributed by atoms with E-state index in [2.05, 4.69) is 0 Å². The van der Waals surface area contributed by atoms with E-state index in [-0.39, 0.29) is 0 Å². The van der Waals surface area contributed by atoms with Crippen LogP contribution < -0.4 is 0 Å². The van der Waals surface area contributed by atoms with E-state index in [1.165, 1.54) is 111 Å². The van der Waals surface area contributed by atoms with Crippen LogP contribution >= 0.6 is 181 Å². The van der Waals surface area contributed by atoms with Gasteiger partial charge in [-0.2, -0.15) is 0 Å². The molecular weight excluding hydrogens is 1810 g/mol. The molecule has 2 rings (SSSR count). The van der Waals surface area contributed by atoms with E-state index >= 15 is 0 Å². The highest BCUT2D eigenvalue weighted by Crippen LogP contribution is 2.46. The first-order valence-corrected chi connectivity index (χ1v) is 28.9. The van der Waals surface area contributed by atoms with E-state index in [9.17, 15) is 38.4 Å². The third kappa shape index (κ3) is 18.6. The molecule has 0 aliphatic carbocycles. The summed E-state index contributed by atoms with van der Waals surface area (Å²) >= 11 is 14.3. The Labute approximate surface area is 505 Å². The van der Waals surface area contributed by atoms with Gasteiger partial charge in [-0.15, -0.1) is 0 Å². The van der Waals surface area contributed by atoms with Crippen LogP contribution in [0.4, 0.5) is 0 Å². The minimum atomic E-state index is -3.23. The van der Waals surface area contributed by atoms with Crippen molar-refractivity contribution < 1.29 is 90.5 Å². The minimum Gasteiger partial charge on any atom is -0.453 e. The number of carbonyl (C=O) groups excluding carboxylic acids is 8. The van der Waals surface area contributed by atoms with Crippen molar-refractivity contribution >= 4 is 228 Å². The highest BCUT2D eigenvalue weighted by atomic mass is 127. The third-order valence-corrected chi connectivity index (χ3v) is 12.2. The van der Waals surface area contributed by atoms with Crippen LogP contribution in [0.2, 0.25) is 0 Å². The van der Waals surface area contributed by atoms with Crippen LogP contribution in [0.15, 0.2) is 0 Å². The first-order chi connectivity index (χ1) is 30.0. The summed E-state index contributed by atoms with van der Waals surface area (Å²) in [6, 6.07) is 0. The molecule has 2 fully saturated rings. The average Bonchev–Trinajstić information content (AvgIpc) is 3.37. The molecule has 2 aliphatic heterocycles. The molecule has 0 radical (unpaired) electrons. The molecule has 0 spiro atoms. The van der Waals surface area contributed by atoms with Crippen molar-refractivity contribution in [2.45, 2.75) is 194 Å². The molecule has 0 amide bonds. The average molecular weight is 1870 g/mol. The Morgan fingerprint density at radius 1 is 0.338 bits per heavy atom.